The number of hydrogen-bond donors (Lipinski definition) is 1. The SMILES string of the molecule is CCCCCOC(C)(C[N+](C)(C)CCCS(=O)(=O)O)OCCCCC. The molecule has 0 spiro atoms. The first kappa shape index (κ1) is 24.8. The summed E-state index contributed by atoms with van der Waals surface area (Å²) >= 11 is 0. The van der Waals surface area contributed by atoms with Crippen molar-refractivity contribution in [2.24, 2.45) is 0 Å². The molecule has 0 heterocycles. The fourth-order valence-electron chi connectivity index (χ4n) is 2.94. The minimum atomic E-state index is -3.90. The van der Waals surface area contributed by atoms with Gasteiger partial charge in [0.2, 0.25) is 5.79 Å². The van der Waals surface area contributed by atoms with Gasteiger partial charge in [0.1, 0.15) is 6.54 Å². The lowest BCUT2D eigenvalue weighted by molar-refractivity contribution is -0.900. The lowest BCUT2D eigenvalue weighted by atomic mass is 10.2. The summed E-state index contributed by atoms with van der Waals surface area (Å²) in [4.78, 5) is 0. The van der Waals surface area contributed by atoms with Gasteiger partial charge in [-0.05, 0) is 19.8 Å². The van der Waals surface area contributed by atoms with Crippen LogP contribution in [0.4, 0.5) is 0 Å². The van der Waals surface area contributed by atoms with Gasteiger partial charge in [-0.25, -0.2) is 0 Å². The van der Waals surface area contributed by atoms with Crippen molar-refractivity contribution in [3.8, 4) is 0 Å². The second kappa shape index (κ2) is 12.2. The number of unbranched alkanes of at least 4 members (excludes halogenated alkanes) is 4. The third kappa shape index (κ3) is 14.6. The van der Waals surface area contributed by atoms with Crippen molar-refractivity contribution in [1.29, 1.82) is 0 Å². The Hall–Kier alpha value is -0.210. The Morgan fingerprint density at radius 2 is 1.40 bits per heavy atom. The number of nitrogens with zero attached hydrogens (tertiary/aromatic N) is 1. The van der Waals surface area contributed by atoms with E-state index >= 15 is 0 Å². The highest BCUT2D eigenvalue weighted by atomic mass is 32.2. The number of ether oxygens (including phenoxy) is 2. The summed E-state index contributed by atoms with van der Waals surface area (Å²) in [6, 6.07) is 0. The molecule has 1 N–H and O–H groups in total. The molecule has 25 heavy (non-hydrogen) atoms. The third-order valence-electron chi connectivity index (χ3n) is 4.19. The van der Waals surface area contributed by atoms with Crippen LogP contribution in [-0.2, 0) is 19.6 Å². The van der Waals surface area contributed by atoms with Gasteiger partial charge in [0, 0.05) is 6.42 Å². The predicted octanol–water partition coefficient (Wildman–Crippen LogP) is 3.47. The maximum absolute atomic E-state index is 10.9. The van der Waals surface area contributed by atoms with E-state index in [2.05, 4.69) is 13.8 Å². The molecular weight excluding hydrogens is 342 g/mol. The van der Waals surface area contributed by atoms with Crippen molar-refractivity contribution in [3.63, 3.8) is 0 Å². The topological polar surface area (TPSA) is 72.8 Å². The Morgan fingerprint density at radius 3 is 1.80 bits per heavy atom. The number of hydrogen-bond acceptors (Lipinski definition) is 4. The summed E-state index contributed by atoms with van der Waals surface area (Å²) in [6.07, 6.45) is 7.01. The van der Waals surface area contributed by atoms with E-state index in [4.69, 9.17) is 14.0 Å². The van der Waals surface area contributed by atoms with Gasteiger partial charge in [0.15, 0.2) is 0 Å². The van der Waals surface area contributed by atoms with Crippen molar-refractivity contribution in [3.05, 3.63) is 0 Å². The molecular formula is C18H40NO5S+. The van der Waals surface area contributed by atoms with Crippen molar-refractivity contribution >= 4 is 10.1 Å². The second-order valence-electron chi connectivity index (χ2n) is 7.70. The standard InChI is InChI=1S/C18H39NO5S/c1-6-8-10-14-23-18(3,24-15-11-9-7-2)17-19(4,5)13-12-16-25(20,21)22/h6-17H2,1-5H3/p+1. The molecule has 0 aromatic carbocycles. The zero-order chi connectivity index (χ0) is 19.4. The molecule has 0 fully saturated rings. The van der Waals surface area contributed by atoms with Gasteiger partial charge in [-0.15, -0.1) is 0 Å². The quantitative estimate of drug-likeness (QED) is 0.191. The van der Waals surface area contributed by atoms with E-state index in [0.717, 1.165) is 38.5 Å². The molecule has 0 rings (SSSR count). The molecule has 0 aliphatic rings. The summed E-state index contributed by atoms with van der Waals surface area (Å²) < 4.78 is 43.5. The minimum absolute atomic E-state index is 0.208. The van der Waals surface area contributed by atoms with Crippen LogP contribution in [0.1, 0.15) is 65.7 Å². The van der Waals surface area contributed by atoms with Crippen molar-refractivity contribution < 1.29 is 26.9 Å². The van der Waals surface area contributed by atoms with E-state index in [0.29, 0.717) is 37.2 Å². The molecule has 0 aliphatic carbocycles. The molecule has 152 valence electrons. The van der Waals surface area contributed by atoms with E-state index in [1.54, 1.807) is 0 Å². The van der Waals surface area contributed by atoms with Crippen LogP contribution in [0.5, 0.6) is 0 Å². The number of quaternary nitrogens is 1. The van der Waals surface area contributed by atoms with Crippen LogP contribution >= 0.6 is 0 Å². The summed E-state index contributed by atoms with van der Waals surface area (Å²) in [5.41, 5.74) is 0. The van der Waals surface area contributed by atoms with E-state index in [1.165, 1.54) is 0 Å². The molecule has 0 saturated carbocycles. The molecule has 0 bridgehead atoms. The molecule has 0 amide bonds. The van der Waals surface area contributed by atoms with E-state index in [-0.39, 0.29) is 5.75 Å². The van der Waals surface area contributed by atoms with Gasteiger partial charge in [0.05, 0.1) is 39.6 Å². The number of rotatable bonds is 16. The first-order valence-corrected chi connectivity index (χ1v) is 11.2. The van der Waals surface area contributed by atoms with Crippen LogP contribution in [0.2, 0.25) is 0 Å². The Bertz CT molecular complexity index is 425. The van der Waals surface area contributed by atoms with Gasteiger partial charge in [0.25, 0.3) is 10.1 Å². The Morgan fingerprint density at radius 1 is 0.920 bits per heavy atom. The highest BCUT2D eigenvalue weighted by Crippen LogP contribution is 2.20. The summed E-state index contributed by atoms with van der Waals surface area (Å²) in [5.74, 6) is -0.886. The summed E-state index contributed by atoms with van der Waals surface area (Å²) in [7, 11) is 0.166. The van der Waals surface area contributed by atoms with Crippen molar-refractivity contribution in [2.75, 3.05) is 46.2 Å². The summed E-state index contributed by atoms with van der Waals surface area (Å²) in [5, 5.41) is 0. The normalized spacial score (nSPS) is 13.4. The predicted molar refractivity (Wildman–Crippen MR) is 102 cm³/mol. The van der Waals surface area contributed by atoms with Crippen LogP contribution in [0.15, 0.2) is 0 Å². The van der Waals surface area contributed by atoms with E-state index in [1.807, 2.05) is 21.0 Å². The monoisotopic (exact) mass is 382 g/mol. The molecule has 0 aliphatic heterocycles. The molecule has 6 nitrogen and oxygen atoms in total. The lowest BCUT2D eigenvalue weighted by Gasteiger charge is -2.39. The Kier molecular flexibility index (Phi) is 12.1. The van der Waals surface area contributed by atoms with Crippen LogP contribution in [0, 0.1) is 0 Å². The molecule has 0 aromatic heterocycles. The van der Waals surface area contributed by atoms with Gasteiger partial charge in [-0.1, -0.05) is 39.5 Å². The molecule has 0 aromatic rings. The summed E-state index contributed by atoms with van der Waals surface area (Å²) in [6.45, 7) is 8.91. The third-order valence-corrected chi connectivity index (χ3v) is 5.00. The van der Waals surface area contributed by atoms with Crippen molar-refractivity contribution in [2.45, 2.75) is 71.5 Å². The van der Waals surface area contributed by atoms with Gasteiger partial charge in [-0.3, -0.25) is 4.55 Å². The largest absolute Gasteiger partial charge is 0.345 e. The first-order chi connectivity index (χ1) is 11.5. The first-order valence-electron chi connectivity index (χ1n) is 9.58. The van der Waals surface area contributed by atoms with Crippen LogP contribution in [0.25, 0.3) is 0 Å². The Balaban J connectivity index is 4.63. The molecule has 0 atom stereocenters. The van der Waals surface area contributed by atoms with Gasteiger partial charge >= 0.3 is 0 Å². The van der Waals surface area contributed by atoms with Crippen LogP contribution in [0.3, 0.4) is 0 Å². The van der Waals surface area contributed by atoms with Crippen LogP contribution in [-0.4, -0.2) is 69.4 Å². The highest BCUT2D eigenvalue weighted by molar-refractivity contribution is 7.85. The average Bonchev–Trinajstić information content (AvgIpc) is 2.46. The maximum atomic E-state index is 10.9. The fraction of sp³-hybridized carbons (Fsp3) is 1.00. The molecule has 0 radical (unpaired) electrons. The van der Waals surface area contributed by atoms with Crippen molar-refractivity contribution in [1.82, 2.24) is 0 Å². The maximum Gasteiger partial charge on any atom is 0.265 e. The van der Waals surface area contributed by atoms with Crippen LogP contribution < -0.4 is 0 Å². The highest BCUT2D eigenvalue weighted by Gasteiger charge is 2.34. The zero-order valence-electron chi connectivity index (χ0n) is 16.9. The molecule has 0 unspecified atom stereocenters. The van der Waals surface area contributed by atoms with Gasteiger partial charge < -0.3 is 14.0 Å². The fourth-order valence-corrected chi connectivity index (χ4v) is 3.44. The minimum Gasteiger partial charge on any atom is -0.345 e. The van der Waals surface area contributed by atoms with E-state index in [9.17, 15) is 8.42 Å². The van der Waals surface area contributed by atoms with E-state index < -0.39 is 15.9 Å². The van der Waals surface area contributed by atoms with Gasteiger partial charge in [-0.2, -0.15) is 8.42 Å². The molecule has 7 heteroatoms. The Labute approximate surface area is 155 Å². The second-order valence-corrected chi connectivity index (χ2v) is 9.27. The average molecular weight is 383 g/mol. The number of likely N-dealkylation sites (N-methyl/N-ethyl adjacent to an activating group) is 1. The molecule has 0 saturated heterocycles. The smallest absolute Gasteiger partial charge is 0.265 e. The zero-order valence-corrected chi connectivity index (χ0v) is 17.7. The lowest BCUT2D eigenvalue weighted by Crippen LogP contribution is -2.53.